The van der Waals surface area contributed by atoms with Gasteiger partial charge in [0.1, 0.15) is 23.1 Å². The standard InChI is InChI=1S/C11H9N5O/c12-11-10-9(13-6-14-11)5-15-16(10)7-1-3-8(17)4-2-7/h1-6,17H,(H2,12,13,14). The quantitative estimate of drug-likeness (QED) is 0.649. The predicted molar refractivity (Wildman–Crippen MR) is 62.7 cm³/mol. The number of hydrogen-bond acceptors (Lipinski definition) is 5. The van der Waals surface area contributed by atoms with Crippen molar-refractivity contribution in [1.82, 2.24) is 19.7 Å². The predicted octanol–water partition coefficient (Wildman–Crippen LogP) is 1.10. The van der Waals surface area contributed by atoms with E-state index in [0.29, 0.717) is 16.9 Å². The van der Waals surface area contributed by atoms with Crippen LogP contribution in [-0.2, 0) is 0 Å². The molecule has 0 saturated heterocycles. The Morgan fingerprint density at radius 3 is 2.65 bits per heavy atom. The molecular formula is C11H9N5O. The molecule has 0 spiro atoms. The van der Waals surface area contributed by atoms with E-state index in [4.69, 9.17) is 5.73 Å². The fraction of sp³-hybridized carbons (Fsp3) is 0. The van der Waals surface area contributed by atoms with Crippen molar-refractivity contribution in [3.8, 4) is 11.4 Å². The lowest BCUT2D eigenvalue weighted by molar-refractivity contribution is 0.475. The largest absolute Gasteiger partial charge is 0.508 e. The highest BCUT2D eigenvalue weighted by molar-refractivity contribution is 5.85. The second-order valence-electron chi connectivity index (χ2n) is 3.57. The molecule has 2 aromatic heterocycles. The first-order valence-corrected chi connectivity index (χ1v) is 4.99. The third-order valence-electron chi connectivity index (χ3n) is 2.48. The number of nitrogen functional groups attached to an aromatic ring is 1. The summed E-state index contributed by atoms with van der Waals surface area (Å²) < 4.78 is 1.64. The number of nitrogens with two attached hydrogens (primary N) is 1. The lowest BCUT2D eigenvalue weighted by Crippen LogP contribution is -2.00. The van der Waals surface area contributed by atoms with Crippen LogP contribution in [0.2, 0.25) is 0 Å². The van der Waals surface area contributed by atoms with Gasteiger partial charge >= 0.3 is 0 Å². The monoisotopic (exact) mass is 227 g/mol. The average molecular weight is 227 g/mol. The van der Waals surface area contributed by atoms with Crippen molar-refractivity contribution in [3.05, 3.63) is 36.8 Å². The zero-order valence-corrected chi connectivity index (χ0v) is 8.78. The number of aromatic nitrogens is 4. The van der Waals surface area contributed by atoms with Crippen LogP contribution in [0.25, 0.3) is 16.7 Å². The van der Waals surface area contributed by atoms with Gasteiger partial charge < -0.3 is 10.8 Å². The molecule has 1 aromatic carbocycles. The third-order valence-corrected chi connectivity index (χ3v) is 2.48. The van der Waals surface area contributed by atoms with Crippen LogP contribution in [0.1, 0.15) is 0 Å². The topological polar surface area (TPSA) is 89.9 Å². The van der Waals surface area contributed by atoms with Gasteiger partial charge in [-0.15, -0.1) is 0 Å². The number of nitrogens with zero attached hydrogens (tertiary/aromatic N) is 4. The first kappa shape index (κ1) is 9.59. The second kappa shape index (κ2) is 3.44. The van der Waals surface area contributed by atoms with Gasteiger partial charge in [0.2, 0.25) is 0 Å². The Morgan fingerprint density at radius 1 is 1.12 bits per heavy atom. The third kappa shape index (κ3) is 1.46. The van der Waals surface area contributed by atoms with E-state index < -0.39 is 0 Å². The van der Waals surface area contributed by atoms with Crippen LogP contribution < -0.4 is 5.73 Å². The molecule has 0 saturated carbocycles. The van der Waals surface area contributed by atoms with Gasteiger partial charge in [0, 0.05) is 0 Å². The number of anilines is 1. The van der Waals surface area contributed by atoms with E-state index in [2.05, 4.69) is 15.1 Å². The average Bonchev–Trinajstić information content (AvgIpc) is 2.75. The minimum atomic E-state index is 0.203. The number of fused-ring (bicyclic) bond motifs is 1. The van der Waals surface area contributed by atoms with Crippen LogP contribution in [0, 0.1) is 0 Å². The highest BCUT2D eigenvalue weighted by atomic mass is 16.3. The van der Waals surface area contributed by atoms with Crippen molar-refractivity contribution in [2.45, 2.75) is 0 Å². The molecule has 6 heteroatoms. The van der Waals surface area contributed by atoms with Gasteiger partial charge in [0.15, 0.2) is 5.82 Å². The molecule has 0 aliphatic carbocycles. The number of hydrogen-bond donors (Lipinski definition) is 2. The molecule has 2 heterocycles. The SMILES string of the molecule is Nc1ncnc2cnn(-c3ccc(O)cc3)c12. The summed E-state index contributed by atoms with van der Waals surface area (Å²) in [6.45, 7) is 0. The van der Waals surface area contributed by atoms with Gasteiger partial charge in [-0.2, -0.15) is 5.10 Å². The summed E-state index contributed by atoms with van der Waals surface area (Å²) in [6, 6.07) is 6.66. The summed E-state index contributed by atoms with van der Waals surface area (Å²) in [5, 5.41) is 13.5. The Bertz CT molecular complexity index is 674. The molecule has 3 rings (SSSR count). The van der Waals surface area contributed by atoms with E-state index in [1.54, 1.807) is 35.1 Å². The maximum atomic E-state index is 9.24. The first-order chi connectivity index (χ1) is 8.25. The van der Waals surface area contributed by atoms with E-state index in [-0.39, 0.29) is 5.75 Å². The zero-order chi connectivity index (χ0) is 11.8. The Labute approximate surface area is 96.4 Å². The van der Waals surface area contributed by atoms with Crippen molar-refractivity contribution in [3.63, 3.8) is 0 Å². The fourth-order valence-electron chi connectivity index (χ4n) is 1.68. The van der Waals surface area contributed by atoms with Gasteiger partial charge in [0.05, 0.1) is 11.9 Å². The maximum absolute atomic E-state index is 9.24. The lowest BCUT2D eigenvalue weighted by atomic mass is 10.3. The molecule has 0 aliphatic heterocycles. The van der Waals surface area contributed by atoms with Crippen molar-refractivity contribution in [2.24, 2.45) is 0 Å². The Hall–Kier alpha value is -2.63. The number of aromatic hydroxyl groups is 1. The van der Waals surface area contributed by atoms with Gasteiger partial charge in [-0.05, 0) is 24.3 Å². The minimum absolute atomic E-state index is 0.203. The van der Waals surface area contributed by atoms with Crippen LogP contribution in [-0.4, -0.2) is 24.9 Å². The van der Waals surface area contributed by atoms with E-state index in [9.17, 15) is 5.11 Å². The molecule has 0 bridgehead atoms. The van der Waals surface area contributed by atoms with Crippen LogP contribution in [0.15, 0.2) is 36.8 Å². The summed E-state index contributed by atoms with van der Waals surface area (Å²) in [5.41, 5.74) is 7.95. The van der Waals surface area contributed by atoms with Crippen molar-refractivity contribution < 1.29 is 5.11 Å². The second-order valence-corrected chi connectivity index (χ2v) is 3.57. The zero-order valence-electron chi connectivity index (χ0n) is 8.78. The molecule has 84 valence electrons. The van der Waals surface area contributed by atoms with Gasteiger partial charge in [-0.25, -0.2) is 14.6 Å². The smallest absolute Gasteiger partial charge is 0.153 e. The summed E-state index contributed by atoms with van der Waals surface area (Å²) in [4.78, 5) is 8.02. The highest BCUT2D eigenvalue weighted by Crippen LogP contribution is 2.21. The summed E-state index contributed by atoms with van der Waals surface area (Å²) in [7, 11) is 0. The molecule has 3 N–H and O–H groups in total. The number of rotatable bonds is 1. The molecule has 0 aliphatic rings. The molecule has 0 amide bonds. The normalized spacial score (nSPS) is 10.8. The van der Waals surface area contributed by atoms with E-state index in [0.717, 1.165) is 5.69 Å². The van der Waals surface area contributed by atoms with Crippen molar-refractivity contribution in [1.29, 1.82) is 0 Å². The maximum Gasteiger partial charge on any atom is 0.153 e. The molecule has 17 heavy (non-hydrogen) atoms. The Morgan fingerprint density at radius 2 is 1.88 bits per heavy atom. The molecule has 6 nitrogen and oxygen atoms in total. The Balaban J connectivity index is 2.27. The number of phenolic OH excluding ortho intramolecular Hbond substituents is 1. The van der Waals surface area contributed by atoms with Gasteiger partial charge in [0.25, 0.3) is 0 Å². The number of phenols is 1. The summed E-state index contributed by atoms with van der Waals surface area (Å²) in [6.07, 6.45) is 3.03. The molecular weight excluding hydrogens is 218 g/mol. The first-order valence-electron chi connectivity index (χ1n) is 4.99. The van der Waals surface area contributed by atoms with E-state index in [1.807, 2.05) is 0 Å². The lowest BCUT2D eigenvalue weighted by Gasteiger charge is -2.04. The number of benzene rings is 1. The van der Waals surface area contributed by atoms with Gasteiger partial charge in [-0.1, -0.05) is 0 Å². The van der Waals surface area contributed by atoms with Crippen LogP contribution in [0.4, 0.5) is 5.82 Å². The van der Waals surface area contributed by atoms with E-state index >= 15 is 0 Å². The Kier molecular flexibility index (Phi) is 1.94. The fourth-order valence-corrected chi connectivity index (χ4v) is 1.68. The van der Waals surface area contributed by atoms with Crippen molar-refractivity contribution in [2.75, 3.05) is 5.73 Å². The summed E-state index contributed by atoms with van der Waals surface area (Å²) >= 11 is 0. The summed E-state index contributed by atoms with van der Waals surface area (Å²) in [5.74, 6) is 0.579. The molecule has 0 fully saturated rings. The van der Waals surface area contributed by atoms with Crippen LogP contribution in [0.5, 0.6) is 5.75 Å². The highest BCUT2D eigenvalue weighted by Gasteiger charge is 2.09. The van der Waals surface area contributed by atoms with E-state index in [1.165, 1.54) is 6.33 Å². The van der Waals surface area contributed by atoms with Gasteiger partial charge in [-0.3, -0.25) is 0 Å². The van der Waals surface area contributed by atoms with Crippen molar-refractivity contribution >= 4 is 16.9 Å². The molecule has 0 atom stereocenters. The van der Waals surface area contributed by atoms with Crippen LogP contribution in [0.3, 0.4) is 0 Å². The molecule has 0 radical (unpaired) electrons. The minimum Gasteiger partial charge on any atom is -0.508 e. The van der Waals surface area contributed by atoms with Crippen LogP contribution >= 0.6 is 0 Å². The molecule has 0 unspecified atom stereocenters. The molecule has 3 aromatic rings.